The largest absolute Gasteiger partial charge is 0.455 e. The van der Waals surface area contributed by atoms with Crippen molar-refractivity contribution in [1.82, 2.24) is 0 Å². The Balaban J connectivity index is 1.07. The van der Waals surface area contributed by atoms with Crippen LogP contribution in [0.2, 0.25) is 0 Å². The van der Waals surface area contributed by atoms with E-state index in [-0.39, 0.29) is 0 Å². The number of nitrogens with zero attached hydrogens (tertiary/aromatic N) is 1. The van der Waals surface area contributed by atoms with E-state index in [0.29, 0.717) is 0 Å². The van der Waals surface area contributed by atoms with Gasteiger partial charge in [0.2, 0.25) is 0 Å². The number of hydrogen-bond donors (Lipinski definition) is 0. The third-order valence-electron chi connectivity index (χ3n) is 13.5. The zero-order chi connectivity index (χ0) is 41.5. The van der Waals surface area contributed by atoms with E-state index in [0.717, 1.165) is 55.5 Å². The van der Waals surface area contributed by atoms with E-state index in [2.05, 4.69) is 241 Å². The number of furan rings is 1. The maximum Gasteiger partial charge on any atom is 0.143 e. The van der Waals surface area contributed by atoms with Gasteiger partial charge >= 0.3 is 0 Å². The predicted octanol–water partition coefficient (Wildman–Crippen LogP) is 16.5. The van der Waals surface area contributed by atoms with Gasteiger partial charge in [-0.05, 0) is 85.3 Å². The average Bonchev–Trinajstić information content (AvgIpc) is 3.90. The van der Waals surface area contributed by atoms with Crippen LogP contribution in [0.1, 0.15) is 22.3 Å². The van der Waals surface area contributed by atoms with E-state index in [4.69, 9.17) is 4.42 Å². The van der Waals surface area contributed by atoms with Gasteiger partial charge in [-0.15, -0.1) is 0 Å². The van der Waals surface area contributed by atoms with Crippen LogP contribution in [0.5, 0.6) is 0 Å². The lowest BCUT2D eigenvalue weighted by Gasteiger charge is -2.34. The van der Waals surface area contributed by atoms with E-state index in [1.54, 1.807) is 0 Å². The summed E-state index contributed by atoms with van der Waals surface area (Å²) in [5.74, 6) is 0. The lowest BCUT2D eigenvalue weighted by Crippen LogP contribution is -2.28. The molecule has 0 fully saturated rings. The Morgan fingerprint density at radius 1 is 0.333 bits per heavy atom. The molecule has 13 rings (SSSR count). The number of para-hydroxylation sites is 1. The number of hydrogen-bond acceptors (Lipinski definition) is 2. The Hall–Kier alpha value is -8.20. The zero-order valence-electron chi connectivity index (χ0n) is 34.4. The molecule has 1 aliphatic rings. The van der Waals surface area contributed by atoms with Gasteiger partial charge in [-0.3, -0.25) is 0 Å². The normalized spacial score (nSPS) is 12.9. The molecule has 2 nitrogen and oxygen atoms in total. The van der Waals surface area contributed by atoms with Gasteiger partial charge < -0.3 is 9.32 Å². The molecule has 0 atom stereocenters. The number of rotatable bonds is 6. The Morgan fingerprint density at radius 3 is 1.68 bits per heavy atom. The lowest BCUT2D eigenvalue weighted by atomic mass is 9.68. The molecule has 0 aliphatic heterocycles. The van der Waals surface area contributed by atoms with Crippen molar-refractivity contribution in [3.63, 3.8) is 0 Å². The second kappa shape index (κ2) is 13.9. The molecule has 11 aromatic carbocycles. The molecule has 0 saturated carbocycles. The summed E-state index contributed by atoms with van der Waals surface area (Å²) in [6.45, 7) is 0. The van der Waals surface area contributed by atoms with Crippen LogP contribution < -0.4 is 4.90 Å². The van der Waals surface area contributed by atoms with Gasteiger partial charge in [0, 0.05) is 38.4 Å². The minimum atomic E-state index is -0.526. The standard InChI is InChI=1S/C61H39NO/c1-3-19-43(20-4-1)61(44-21-5-2-6-22-44)54-30-14-13-27-53(54)58-55(61)31-16-32-56(58)62(57-39-42-18-8-9-23-46(42)49-25-11-12-26-50(49)57)45-36-33-41(34-37-45)48-28-15-29-51-52-38-35-40-17-7-10-24-47(40)60(52)63-59(48)51/h1-39H. The van der Waals surface area contributed by atoms with Gasteiger partial charge in [-0.2, -0.15) is 0 Å². The van der Waals surface area contributed by atoms with Crippen LogP contribution in [0.3, 0.4) is 0 Å². The van der Waals surface area contributed by atoms with E-state index in [9.17, 15) is 0 Å². The van der Waals surface area contributed by atoms with E-state index >= 15 is 0 Å². The molecule has 0 amide bonds. The fourth-order valence-corrected chi connectivity index (χ4v) is 10.8. The maximum absolute atomic E-state index is 6.82. The summed E-state index contributed by atoms with van der Waals surface area (Å²) < 4.78 is 6.82. The van der Waals surface area contributed by atoms with Gasteiger partial charge in [0.1, 0.15) is 11.2 Å². The third kappa shape index (κ3) is 5.19. The molecule has 0 N–H and O–H groups in total. The highest BCUT2D eigenvalue weighted by molar-refractivity contribution is 6.18. The molecular weight excluding hydrogens is 763 g/mol. The molecule has 1 heterocycles. The molecule has 2 heteroatoms. The van der Waals surface area contributed by atoms with Crippen LogP contribution in [0.25, 0.3) is 76.5 Å². The fraction of sp³-hybridized carbons (Fsp3) is 0.0164. The van der Waals surface area contributed by atoms with E-state index < -0.39 is 5.41 Å². The summed E-state index contributed by atoms with van der Waals surface area (Å²) in [5, 5.41) is 9.44. The molecule has 63 heavy (non-hydrogen) atoms. The Bertz CT molecular complexity index is 3690. The van der Waals surface area contributed by atoms with Crippen LogP contribution in [0, 0.1) is 0 Å². The summed E-state index contributed by atoms with van der Waals surface area (Å²) in [5.41, 5.74) is 14.4. The number of fused-ring (bicyclic) bond motifs is 11. The van der Waals surface area contributed by atoms with Gasteiger partial charge in [-0.1, -0.05) is 206 Å². The molecule has 0 unspecified atom stereocenters. The summed E-state index contributed by atoms with van der Waals surface area (Å²) in [6, 6.07) is 86.6. The highest BCUT2D eigenvalue weighted by atomic mass is 16.3. The van der Waals surface area contributed by atoms with Crippen molar-refractivity contribution < 1.29 is 4.42 Å². The van der Waals surface area contributed by atoms with Crippen LogP contribution in [0.4, 0.5) is 17.1 Å². The summed E-state index contributed by atoms with van der Waals surface area (Å²) >= 11 is 0. The fourth-order valence-electron chi connectivity index (χ4n) is 10.8. The second-order valence-corrected chi connectivity index (χ2v) is 16.7. The Kier molecular flexibility index (Phi) is 7.85. The molecule has 1 aliphatic carbocycles. The molecule has 0 bridgehead atoms. The molecule has 0 radical (unpaired) electrons. The molecule has 294 valence electrons. The van der Waals surface area contributed by atoms with Gasteiger partial charge in [0.15, 0.2) is 0 Å². The van der Waals surface area contributed by atoms with Crippen molar-refractivity contribution in [3.8, 4) is 22.3 Å². The highest BCUT2D eigenvalue weighted by Gasteiger charge is 2.47. The SMILES string of the molecule is c1ccc(C2(c3ccccc3)c3ccccc3-c3c(N(c4ccc(-c5cccc6c5oc5c7ccccc7ccc65)cc4)c4cc5ccccc5c5ccccc45)cccc32)cc1. The van der Waals surface area contributed by atoms with Crippen LogP contribution >= 0.6 is 0 Å². The molecule has 0 spiro atoms. The van der Waals surface area contributed by atoms with Crippen molar-refractivity contribution in [3.05, 3.63) is 259 Å². The van der Waals surface area contributed by atoms with Crippen LogP contribution in [0.15, 0.2) is 241 Å². The molecule has 1 aromatic heterocycles. The minimum Gasteiger partial charge on any atom is -0.455 e. The van der Waals surface area contributed by atoms with Gasteiger partial charge in [0.05, 0.1) is 16.8 Å². The zero-order valence-corrected chi connectivity index (χ0v) is 34.4. The average molecular weight is 802 g/mol. The first-order valence-electron chi connectivity index (χ1n) is 21.8. The van der Waals surface area contributed by atoms with Crippen molar-refractivity contribution in [2.75, 3.05) is 4.90 Å². The van der Waals surface area contributed by atoms with Crippen molar-refractivity contribution in [1.29, 1.82) is 0 Å². The number of anilines is 3. The Morgan fingerprint density at radius 2 is 0.905 bits per heavy atom. The first kappa shape index (κ1) is 35.5. The third-order valence-corrected chi connectivity index (χ3v) is 13.5. The van der Waals surface area contributed by atoms with Crippen molar-refractivity contribution in [2.45, 2.75) is 5.41 Å². The topological polar surface area (TPSA) is 16.4 Å². The smallest absolute Gasteiger partial charge is 0.143 e. The van der Waals surface area contributed by atoms with Gasteiger partial charge in [-0.25, -0.2) is 0 Å². The van der Waals surface area contributed by atoms with Gasteiger partial charge in [0.25, 0.3) is 0 Å². The van der Waals surface area contributed by atoms with Crippen molar-refractivity contribution >= 4 is 71.3 Å². The molecule has 12 aromatic rings. The first-order valence-corrected chi connectivity index (χ1v) is 21.8. The van der Waals surface area contributed by atoms with Crippen LogP contribution in [-0.4, -0.2) is 0 Å². The molecular formula is C61H39NO. The minimum absolute atomic E-state index is 0.526. The second-order valence-electron chi connectivity index (χ2n) is 16.7. The maximum atomic E-state index is 6.82. The lowest BCUT2D eigenvalue weighted by molar-refractivity contribution is 0.674. The Labute approximate surface area is 365 Å². The summed E-state index contributed by atoms with van der Waals surface area (Å²) in [7, 11) is 0. The monoisotopic (exact) mass is 801 g/mol. The van der Waals surface area contributed by atoms with Crippen molar-refractivity contribution in [2.24, 2.45) is 0 Å². The first-order chi connectivity index (χ1) is 31.3. The summed E-state index contributed by atoms with van der Waals surface area (Å²) in [6.07, 6.45) is 0. The van der Waals surface area contributed by atoms with Crippen LogP contribution in [-0.2, 0) is 5.41 Å². The molecule has 0 saturated heterocycles. The van der Waals surface area contributed by atoms with E-state index in [1.807, 2.05) is 0 Å². The highest BCUT2D eigenvalue weighted by Crippen LogP contribution is 2.60. The quantitative estimate of drug-likeness (QED) is 0.156. The predicted molar refractivity (Wildman–Crippen MR) is 264 cm³/mol. The van der Waals surface area contributed by atoms with E-state index in [1.165, 1.54) is 60.3 Å². The number of benzene rings is 11. The summed E-state index contributed by atoms with van der Waals surface area (Å²) in [4.78, 5) is 2.51.